The van der Waals surface area contributed by atoms with Crippen LogP contribution in [0.2, 0.25) is 5.02 Å². The van der Waals surface area contributed by atoms with E-state index in [1.807, 2.05) is 12.1 Å². The maximum atomic E-state index is 6.31. The molecule has 2 aliphatic carbocycles. The topological polar surface area (TPSA) is 6.48 Å². The van der Waals surface area contributed by atoms with Crippen molar-refractivity contribution in [3.8, 4) is 0 Å². The van der Waals surface area contributed by atoms with Crippen LogP contribution in [-0.2, 0) is 0 Å². The summed E-state index contributed by atoms with van der Waals surface area (Å²) in [7, 11) is 0. The molecule has 0 N–H and O–H groups in total. The first-order chi connectivity index (χ1) is 10.3. The molecule has 1 aromatic carbocycles. The van der Waals surface area contributed by atoms with Crippen molar-refractivity contribution in [1.29, 1.82) is 0 Å². The van der Waals surface area contributed by atoms with E-state index in [1.54, 1.807) is 0 Å². The Bertz CT molecular complexity index is 534. The van der Waals surface area contributed by atoms with Gasteiger partial charge in [0, 0.05) is 32.7 Å². The third-order valence-electron chi connectivity index (χ3n) is 5.47. The Kier molecular flexibility index (Phi) is 3.68. The second kappa shape index (κ2) is 5.66. The highest BCUT2D eigenvalue weighted by Gasteiger charge is 2.36. The third-order valence-corrected chi connectivity index (χ3v) is 5.79. The van der Waals surface area contributed by atoms with Gasteiger partial charge >= 0.3 is 0 Å². The van der Waals surface area contributed by atoms with Gasteiger partial charge < -0.3 is 4.90 Å². The van der Waals surface area contributed by atoms with Crippen LogP contribution < -0.4 is 4.90 Å². The van der Waals surface area contributed by atoms with E-state index in [4.69, 9.17) is 11.6 Å². The monoisotopic (exact) mass is 302 g/mol. The fraction of sp³-hybridized carbons (Fsp3) is 0.556. The predicted octanol–water partition coefficient (Wildman–Crippen LogP) is 3.67. The van der Waals surface area contributed by atoms with Crippen molar-refractivity contribution in [3.63, 3.8) is 0 Å². The fourth-order valence-electron chi connectivity index (χ4n) is 4.32. The number of piperazine rings is 1. The van der Waals surface area contributed by atoms with Crippen molar-refractivity contribution in [2.24, 2.45) is 17.8 Å². The summed E-state index contributed by atoms with van der Waals surface area (Å²) in [4.78, 5) is 5.09. The van der Waals surface area contributed by atoms with Gasteiger partial charge in [-0.05, 0) is 42.7 Å². The zero-order valence-electron chi connectivity index (χ0n) is 12.4. The second-order valence-electron chi connectivity index (χ2n) is 6.78. The Morgan fingerprint density at radius 3 is 2.48 bits per heavy atom. The molecule has 1 saturated heterocycles. The second-order valence-corrected chi connectivity index (χ2v) is 7.19. The summed E-state index contributed by atoms with van der Waals surface area (Å²) in [5.74, 6) is 2.67. The highest BCUT2D eigenvalue weighted by Crippen LogP contribution is 2.43. The molecule has 1 saturated carbocycles. The molecule has 1 aromatic rings. The maximum absolute atomic E-state index is 6.31. The molecule has 3 heteroatoms. The first kappa shape index (κ1) is 13.7. The van der Waals surface area contributed by atoms with Crippen LogP contribution in [0.5, 0.6) is 0 Å². The Morgan fingerprint density at radius 2 is 1.81 bits per heavy atom. The van der Waals surface area contributed by atoms with Gasteiger partial charge in [-0.3, -0.25) is 4.90 Å². The van der Waals surface area contributed by atoms with Gasteiger partial charge in [0.05, 0.1) is 10.7 Å². The van der Waals surface area contributed by atoms with Gasteiger partial charge in [0.15, 0.2) is 0 Å². The van der Waals surface area contributed by atoms with Gasteiger partial charge in [0.2, 0.25) is 0 Å². The number of anilines is 1. The molecule has 2 bridgehead atoms. The van der Waals surface area contributed by atoms with Gasteiger partial charge in [-0.25, -0.2) is 0 Å². The van der Waals surface area contributed by atoms with E-state index in [9.17, 15) is 0 Å². The van der Waals surface area contributed by atoms with Crippen molar-refractivity contribution in [3.05, 3.63) is 41.4 Å². The zero-order chi connectivity index (χ0) is 14.2. The third kappa shape index (κ3) is 2.72. The molecular formula is C18H23ClN2. The lowest BCUT2D eigenvalue weighted by Crippen LogP contribution is -2.48. The van der Waals surface area contributed by atoms with Crippen LogP contribution in [0.3, 0.4) is 0 Å². The number of para-hydroxylation sites is 1. The molecule has 3 aliphatic rings. The van der Waals surface area contributed by atoms with Crippen molar-refractivity contribution < 1.29 is 0 Å². The summed E-state index contributed by atoms with van der Waals surface area (Å²) in [6, 6.07) is 8.21. The molecule has 2 fully saturated rings. The lowest BCUT2D eigenvalue weighted by atomic mass is 9.93. The van der Waals surface area contributed by atoms with Gasteiger partial charge in [-0.1, -0.05) is 35.9 Å². The van der Waals surface area contributed by atoms with Crippen molar-refractivity contribution in [1.82, 2.24) is 4.90 Å². The number of hydrogen-bond donors (Lipinski definition) is 0. The molecule has 0 spiro atoms. The number of nitrogens with zero attached hydrogens (tertiary/aromatic N) is 2. The molecule has 2 nitrogen and oxygen atoms in total. The van der Waals surface area contributed by atoms with Gasteiger partial charge in [0.1, 0.15) is 0 Å². The molecule has 0 radical (unpaired) electrons. The normalized spacial score (nSPS) is 32.0. The summed E-state index contributed by atoms with van der Waals surface area (Å²) in [5.41, 5.74) is 1.20. The molecule has 0 aromatic heterocycles. The summed E-state index contributed by atoms with van der Waals surface area (Å²) in [6.07, 6.45) is 7.76. The average Bonchev–Trinajstić information content (AvgIpc) is 3.11. The van der Waals surface area contributed by atoms with Crippen LogP contribution in [0.15, 0.2) is 36.4 Å². The first-order valence-corrected chi connectivity index (χ1v) is 8.57. The largest absolute Gasteiger partial charge is 0.368 e. The molecule has 3 atom stereocenters. The Hall–Kier alpha value is -0.990. The number of benzene rings is 1. The van der Waals surface area contributed by atoms with Crippen LogP contribution >= 0.6 is 11.6 Å². The van der Waals surface area contributed by atoms with Crippen molar-refractivity contribution in [2.45, 2.75) is 12.8 Å². The predicted molar refractivity (Wildman–Crippen MR) is 88.9 cm³/mol. The Morgan fingerprint density at radius 1 is 1.00 bits per heavy atom. The Labute approximate surface area is 132 Å². The van der Waals surface area contributed by atoms with Gasteiger partial charge in [-0.15, -0.1) is 0 Å². The van der Waals surface area contributed by atoms with Crippen molar-refractivity contribution in [2.75, 3.05) is 37.6 Å². The minimum Gasteiger partial charge on any atom is -0.368 e. The summed E-state index contributed by atoms with van der Waals surface area (Å²) < 4.78 is 0. The zero-order valence-corrected chi connectivity index (χ0v) is 13.2. The first-order valence-electron chi connectivity index (χ1n) is 8.20. The fourth-order valence-corrected chi connectivity index (χ4v) is 4.57. The number of allylic oxidation sites excluding steroid dienone is 2. The van der Waals surface area contributed by atoms with Crippen molar-refractivity contribution >= 4 is 17.3 Å². The quantitative estimate of drug-likeness (QED) is 0.786. The molecule has 1 aliphatic heterocycles. The highest BCUT2D eigenvalue weighted by atomic mass is 35.5. The number of fused-ring (bicyclic) bond motifs is 2. The van der Waals surface area contributed by atoms with E-state index in [0.717, 1.165) is 35.9 Å². The standard InChI is InChI=1S/C18H23ClN2/c19-17-3-1-2-4-18(17)21-9-7-20(8-10-21)13-16-12-14-5-6-15(16)11-14/h1-6,14-16H,7-13H2/t14-,15+,16-/m0/s1. The van der Waals surface area contributed by atoms with E-state index >= 15 is 0 Å². The van der Waals surface area contributed by atoms with Crippen LogP contribution in [0.25, 0.3) is 0 Å². The van der Waals surface area contributed by atoms with E-state index in [1.165, 1.54) is 38.2 Å². The lowest BCUT2D eigenvalue weighted by molar-refractivity contribution is 0.204. The van der Waals surface area contributed by atoms with Gasteiger partial charge in [0.25, 0.3) is 0 Å². The van der Waals surface area contributed by atoms with E-state index in [2.05, 4.69) is 34.1 Å². The summed E-state index contributed by atoms with van der Waals surface area (Å²) >= 11 is 6.31. The minimum absolute atomic E-state index is 0.872. The van der Waals surface area contributed by atoms with E-state index in [-0.39, 0.29) is 0 Å². The highest BCUT2D eigenvalue weighted by molar-refractivity contribution is 6.33. The summed E-state index contributed by atoms with van der Waals surface area (Å²) in [5, 5.41) is 0.879. The van der Waals surface area contributed by atoms with Crippen LogP contribution in [-0.4, -0.2) is 37.6 Å². The molecule has 112 valence electrons. The van der Waals surface area contributed by atoms with E-state index < -0.39 is 0 Å². The van der Waals surface area contributed by atoms with Crippen LogP contribution in [0.4, 0.5) is 5.69 Å². The minimum atomic E-state index is 0.872. The molecule has 0 unspecified atom stereocenters. The molecule has 4 rings (SSSR count). The number of halogens is 1. The van der Waals surface area contributed by atoms with Crippen LogP contribution in [0.1, 0.15) is 12.8 Å². The number of rotatable bonds is 3. The smallest absolute Gasteiger partial charge is 0.0639 e. The Balaban J connectivity index is 1.33. The average molecular weight is 303 g/mol. The maximum Gasteiger partial charge on any atom is 0.0639 e. The summed E-state index contributed by atoms with van der Waals surface area (Å²) in [6.45, 7) is 5.83. The molecule has 1 heterocycles. The molecular weight excluding hydrogens is 280 g/mol. The molecule has 0 amide bonds. The van der Waals surface area contributed by atoms with Gasteiger partial charge in [-0.2, -0.15) is 0 Å². The lowest BCUT2D eigenvalue weighted by Gasteiger charge is -2.38. The van der Waals surface area contributed by atoms with Crippen LogP contribution in [0, 0.1) is 17.8 Å². The SMILES string of the molecule is Clc1ccccc1N1CCN(C[C@@H]2C[C@H]3C=C[C@@H]2C3)CC1. The van der Waals surface area contributed by atoms with E-state index in [0.29, 0.717) is 0 Å². The molecule has 21 heavy (non-hydrogen) atoms. The number of hydrogen-bond acceptors (Lipinski definition) is 2.